The van der Waals surface area contributed by atoms with E-state index in [4.69, 9.17) is 0 Å². The molecule has 0 spiro atoms. The third kappa shape index (κ3) is 5.12. The van der Waals surface area contributed by atoms with E-state index in [-0.39, 0.29) is 19.0 Å². The highest BCUT2D eigenvalue weighted by atomic mass is 19.1. The van der Waals surface area contributed by atoms with Crippen LogP contribution in [-0.2, 0) is 16.1 Å². The molecule has 0 aliphatic carbocycles. The van der Waals surface area contributed by atoms with Crippen LogP contribution in [0.4, 0.5) is 4.39 Å². The lowest BCUT2D eigenvalue weighted by molar-refractivity contribution is -0.146. The SMILES string of the molecule is CN(C(=O)C(=O)NCc1ccc(F)cc1)C(CCO)c1ccccc1. The summed E-state index contributed by atoms with van der Waals surface area (Å²) in [6.07, 6.45) is 0.331. The Morgan fingerprint density at radius 3 is 2.36 bits per heavy atom. The van der Waals surface area contributed by atoms with E-state index in [1.54, 1.807) is 12.1 Å². The van der Waals surface area contributed by atoms with Crippen LogP contribution >= 0.6 is 0 Å². The minimum absolute atomic E-state index is 0.103. The molecule has 0 saturated heterocycles. The maximum atomic E-state index is 12.9. The molecule has 0 heterocycles. The van der Waals surface area contributed by atoms with Gasteiger partial charge < -0.3 is 15.3 Å². The molecule has 2 N–H and O–H groups in total. The fourth-order valence-corrected chi connectivity index (χ4v) is 2.54. The number of carbonyl (C=O) groups excluding carboxylic acids is 2. The molecule has 0 aliphatic heterocycles. The first-order valence-corrected chi connectivity index (χ1v) is 7.98. The lowest BCUT2D eigenvalue weighted by Crippen LogP contribution is -2.42. The van der Waals surface area contributed by atoms with Crippen molar-refractivity contribution in [1.29, 1.82) is 0 Å². The summed E-state index contributed by atoms with van der Waals surface area (Å²) in [4.78, 5) is 25.8. The van der Waals surface area contributed by atoms with E-state index in [1.807, 2.05) is 30.3 Å². The van der Waals surface area contributed by atoms with Gasteiger partial charge in [0.25, 0.3) is 0 Å². The van der Waals surface area contributed by atoms with Crippen LogP contribution in [0.15, 0.2) is 54.6 Å². The Balaban J connectivity index is 2.01. The molecular weight excluding hydrogens is 323 g/mol. The molecule has 0 bridgehead atoms. The van der Waals surface area contributed by atoms with Crippen molar-refractivity contribution >= 4 is 11.8 Å². The van der Waals surface area contributed by atoms with Gasteiger partial charge >= 0.3 is 11.8 Å². The van der Waals surface area contributed by atoms with Crippen LogP contribution in [0.25, 0.3) is 0 Å². The summed E-state index contributed by atoms with van der Waals surface area (Å²) >= 11 is 0. The smallest absolute Gasteiger partial charge is 0.312 e. The highest BCUT2D eigenvalue weighted by molar-refractivity contribution is 6.34. The summed E-state index contributed by atoms with van der Waals surface area (Å²) in [5.41, 5.74) is 1.54. The average Bonchev–Trinajstić information content (AvgIpc) is 2.65. The van der Waals surface area contributed by atoms with E-state index in [9.17, 15) is 19.1 Å². The fourth-order valence-electron chi connectivity index (χ4n) is 2.54. The van der Waals surface area contributed by atoms with Crippen LogP contribution in [0.1, 0.15) is 23.6 Å². The van der Waals surface area contributed by atoms with Gasteiger partial charge in [0.1, 0.15) is 5.82 Å². The second-order valence-electron chi connectivity index (χ2n) is 5.66. The highest BCUT2D eigenvalue weighted by Gasteiger charge is 2.26. The van der Waals surface area contributed by atoms with Crippen molar-refractivity contribution in [1.82, 2.24) is 10.2 Å². The van der Waals surface area contributed by atoms with E-state index >= 15 is 0 Å². The van der Waals surface area contributed by atoms with Gasteiger partial charge in [-0.15, -0.1) is 0 Å². The Hall–Kier alpha value is -2.73. The first kappa shape index (κ1) is 18.6. The summed E-state index contributed by atoms with van der Waals surface area (Å²) in [6, 6.07) is 14.5. The van der Waals surface area contributed by atoms with Crippen LogP contribution in [-0.4, -0.2) is 35.5 Å². The van der Waals surface area contributed by atoms with Crippen molar-refractivity contribution in [2.75, 3.05) is 13.7 Å². The third-order valence-corrected chi connectivity index (χ3v) is 3.94. The molecule has 1 unspecified atom stereocenters. The molecule has 6 heteroatoms. The lowest BCUT2D eigenvalue weighted by atomic mass is 10.0. The predicted molar refractivity (Wildman–Crippen MR) is 91.9 cm³/mol. The second-order valence-corrected chi connectivity index (χ2v) is 5.66. The van der Waals surface area contributed by atoms with Gasteiger partial charge in [-0.1, -0.05) is 42.5 Å². The van der Waals surface area contributed by atoms with Gasteiger partial charge in [-0.05, 0) is 29.7 Å². The number of carbonyl (C=O) groups is 2. The first-order chi connectivity index (χ1) is 12.0. The molecule has 0 aromatic heterocycles. The Morgan fingerprint density at radius 1 is 1.12 bits per heavy atom. The van der Waals surface area contributed by atoms with E-state index in [1.165, 1.54) is 24.1 Å². The molecule has 2 aromatic rings. The number of benzene rings is 2. The number of nitrogens with one attached hydrogen (secondary N) is 1. The molecule has 0 saturated carbocycles. The van der Waals surface area contributed by atoms with Crippen molar-refractivity contribution in [3.05, 3.63) is 71.5 Å². The summed E-state index contributed by atoms with van der Waals surface area (Å²) in [5, 5.41) is 11.8. The molecule has 5 nitrogen and oxygen atoms in total. The molecule has 1 atom stereocenters. The zero-order valence-electron chi connectivity index (χ0n) is 14.0. The highest BCUT2D eigenvalue weighted by Crippen LogP contribution is 2.22. The standard InChI is InChI=1S/C19H21FN2O3/c1-22(17(11-12-23)15-5-3-2-4-6-15)19(25)18(24)21-13-14-7-9-16(20)10-8-14/h2-10,17,23H,11-13H2,1H3,(H,21,24). The topological polar surface area (TPSA) is 69.6 Å². The predicted octanol–water partition coefficient (Wildman–Crippen LogP) is 2.02. The number of amides is 2. The zero-order chi connectivity index (χ0) is 18.2. The van der Waals surface area contributed by atoms with Gasteiger partial charge in [-0.3, -0.25) is 9.59 Å². The Bertz CT molecular complexity index is 704. The number of likely N-dealkylation sites (N-methyl/N-ethyl adjacent to an activating group) is 1. The third-order valence-electron chi connectivity index (χ3n) is 3.94. The Morgan fingerprint density at radius 2 is 1.76 bits per heavy atom. The Kier molecular flexibility index (Phi) is 6.65. The maximum absolute atomic E-state index is 12.9. The first-order valence-electron chi connectivity index (χ1n) is 7.98. The van der Waals surface area contributed by atoms with Crippen LogP contribution < -0.4 is 5.32 Å². The fraction of sp³-hybridized carbons (Fsp3) is 0.263. The van der Waals surface area contributed by atoms with Gasteiger partial charge in [-0.25, -0.2) is 4.39 Å². The van der Waals surface area contributed by atoms with E-state index in [0.29, 0.717) is 12.0 Å². The molecular formula is C19H21FN2O3. The summed E-state index contributed by atoms with van der Waals surface area (Å²) in [7, 11) is 1.53. The van der Waals surface area contributed by atoms with Crippen molar-refractivity contribution in [2.45, 2.75) is 19.0 Å². The lowest BCUT2D eigenvalue weighted by Gasteiger charge is -2.27. The molecule has 2 amide bonds. The normalized spacial score (nSPS) is 11.6. The molecule has 2 aromatic carbocycles. The minimum Gasteiger partial charge on any atom is -0.396 e. The van der Waals surface area contributed by atoms with E-state index in [0.717, 1.165) is 5.56 Å². The van der Waals surface area contributed by atoms with E-state index < -0.39 is 17.9 Å². The van der Waals surface area contributed by atoms with E-state index in [2.05, 4.69) is 5.32 Å². The number of hydrogen-bond acceptors (Lipinski definition) is 3. The van der Waals surface area contributed by atoms with Crippen molar-refractivity contribution in [2.24, 2.45) is 0 Å². The number of hydrogen-bond donors (Lipinski definition) is 2. The van der Waals surface area contributed by atoms with Crippen LogP contribution in [0, 0.1) is 5.82 Å². The van der Waals surface area contributed by atoms with Gasteiger partial charge in [0.05, 0.1) is 6.04 Å². The van der Waals surface area contributed by atoms with Crippen LogP contribution in [0.5, 0.6) is 0 Å². The number of halogens is 1. The number of aliphatic hydroxyl groups excluding tert-OH is 1. The number of nitrogens with zero attached hydrogens (tertiary/aromatic N) is 1. The summed E-state index contributed by atoms with van der Waals surface area (Å²) in [5.74, 6) is -1.80. The van der Waals surface area contributed by atoms with Crippen LogP contribution in [0.2, 0.25) is 0 Å². The van der Waals surface area contributed by atoms with Crippen molar-refractivity contribution < 1.29 is 19.1 Å². The monoisotopic (exact) mass is 344 g/mol. The molecule has 0 fully saturated rings. The summed E-state index contributed by atoms with van der Waals surface area (Å²) < 4.78 is 12.9. The Labute approximate surface area is 146 Å². The van der Waals surface area contributed by atoms with Gasteiger partial charge in [-0.2, -0.15) is 0 Å². The molecule has 0 aliphatic rings. The largest absolute Gasteiger partial charge is 0.396 e. The molecule has 132 valence electrons. The van der Waals surface area contributed by atoms with Gasteiger partial charge in [0.15, 0.2) is 0 Å². The van der Waals surface area contributed by atoms with Gasteiger partial charge in [0, 0.05) is 20.2 Å². The number of aliphatic hydroxyl groups is 1. The quantitative estimate of drug-likeness (QED) is 0.788. The zero-order valence-corrected chi connectivity index (χ0v) is 14.0. The average molecular weight is 344 g/mol. The number of rotatable bonds is 6. The van der Waals surface area contributed by atoms with Crippen molar-refractivity contribution in [3.63, 3.8) is 0 Å². The molecule has 2 rings (SSSR count). The molecule has 0 radical (unpaired) electrons. The summed E-state index contributed by atoms with van der Waals surface area (Å²) in [6.45, 7) is 0.0308. The van der Waals surface area contributed by atoms with Gasteiger partial charge in [0.2, 0.25) is 0 Å². The second kappa shape index (κ2) is 8.94. The molecule has 25 heavy (non-hydrogen) atoms. The maximum Gasteiger partial charge on any atom is 0.312 e. The van der Waals surface area contributed by atoms with Crippen LogP contribution in [0.3, 0.4) is 0 Å². The van der Waals surface area contributed by atoms with Crippen molar-refractivity contribution in [3.8, 4) is 0 Å². The minimum atomic E-state index is -0.745.